The first-order valence-corrected chi connectivity index (χ1v) is 5.56. The predicted molar refractivity (Wildman–Crippen MR) is 60.0 cm³/mol. The van der Waals surface area contributed by atoms with Gasteiger partial charge in [-0.15, -0.1) is 5.10 Å². The van der Waals surface area contributed by atoms with Crippen molar-refractivity contribution in [2.45, 2.75) is 25.4 Å². The van der Waals surface area contributed by atoms with Gasteiger partial charge in [0.25, 0.3) is 5.82 Å². The number of nitrogens with zero attached hydrogens (tertiary/aromatic N) is 2. The maximum atomic E-state index is 12.4. The van der Waals surface area contributed by atoms with Crippen molar-refractivity contribution in [1.82, 2.24) is 15.2 Å². The molecule has 1 unspecified atom stereocenters. The summed E-state index contributed by atoms with van der Waals surface area (Å²) in [7, 11) is 0. The number of hydrogen-bond acceptors (Lipinski definition) is 2. The molecule has 0 radical (unpaired) electrons. The molecule has 0 saturated heterocycles. The molecular formula is C12H12F3N3. The van der Waals surface area contributed by atoms with E-state index >= 15 is 0 Å². The van der Waals surface area contributed by atoms with Crippen LogP contribution in [0.5, 0.6) is 0 Å². The molecule has 96 valence electrons. The maximum absolute atomic E-state index is 12.4. The Bertz CT molecular complexity index is 505. The number of halogens is 3. The summed E-state index contributed by atoms with van der Waals surface area (Å²) >= 11 is 0. The Labute approximate surface area is 102 Å². The van der Waals surface area contributed by atoms with E-state index in [-0.39, 0.29) is 11.7 Å². The molecule has 1 N–H and O–H groups in total. The van der Waals surface area contributed by atoms with Crippen molar-refractivity contribution >= 4 is 0 Å². The second-order valence-electron chi connectivity index (χ2n) is 3.91. The molecule has 0 aliphatic carbocycles. The lowest BCUT2D eigenvalue weighted by Gasteiger charge is -2.11. The standard InChI is InChI=1S/C12H12F3N3/c1-2-9(8-6-4-3-5-7-8)10-16-11(18-17-10)12(13,14)15/h3-7,9H,2H2,1H3,(H,16,17,18). The average molecular weight is 255 g/mol. The van der Waals surface area contributed by atoms with Crippen LogP contribution in [-0.4, -0.2) is 15.2 Å². The molecule has 1 aromatic heterocycles. The molecule has 0 spiro atoms. The first-order valence-electron chi connectivity index (χ1n) is 5.56. The van der Waals surface area contributed by atoms with Gasteiger partial charge in [-0.3, -0.25) is 5.10 Å². The number of hydrogen-bond donors (Lipinski definition) is 1. The Morgan fingerprint density at radius 2 is 1.89 bits per heavy atom. The van der Waals surface area contributed by atoms with Crippen molar-refractivity contribution in [3.8, 4) is 0 Å². The number of aromatic amines is 1. The molecule has 0 saturated carbocycles. The Hall–Kier alpha value is -1.85. The molecular weight excluding hydrogens is 243 g/mol. The summed E-state index contributed by atoms with van der Waals surface area (Å²) in [6.45, 7) is 1.90. The average Bonchev–Trinajstić information content (AvgIpc) is 2.81. The van der Waals surface area contributed by atoms with E-state index in [9.17, 15) is 13.2 Å². The van der Waals surface area contributed by atoms with Gasteiger partial charge in [0.15, 0.2) is 0 Å². The lowest BCUT2D eigenvalue weighted by molar-refractivity contribution is -0.144. The van der Waals surface area contributed by atoms with Gasteiger partial charge in [0.2, 0.25) is 0 Å². The second-order valence-corrected chi connectivity index (χ2v) is 3.91. The van der Waals surface area contributed by atoms with Crippen LogP contribution in [0.2, 0.25) is 0 Å². The normalized spacial score (nSPS) is 13.6. The zero-order valence-corrected chi connectivity index (χ0v) is 9.70. The van der Waals surface area contributed by atoms with E-state index in [0.29, 0.717) is 6.42 Å². The third-order valence-electron chi connectivity index (χ3n) is 2.70. The van der Waals surface area contributed by atoms with Crippen LogP contribution in [0.25, 0.3) is 0 Å². The fourth-order valence-corrected chi connectivity index (χ4v) is 1.83. The van der Waals surface area contributed by atoms with Crippen LogP contribution in [0, 0.1) is 0 Å². The van der Waals surface area contributed by atoms with Crippen LogP contribution in [0.15, 0.2) is 30.3 Å². The number of H-pyrrole nitrogens is 1. The highest BCUT2D eigenvalue weighted by molar-refractivity contribution is 5.25. The minimum absolute atomic E-state index is 0.199. The molecule has 1 heterocycles. The monoisotopic (exact) mass is 255 g/mol. The van der Waals surface area contributed by atoms with E-state index in [0.717, 1.165) is 5.56 Å². The van der Waals surface area contributed by atoms with Gasteiger partial charge in [-0.1, -0.05) is 37.3 Å². The molecule has 0 aliphatic heterocycles. The highest BCUT2D eigenvalue weighted by Crippen LogP contribution is 2.29. The smallest absolute Gasteiger partial charge is 0.262 e. The summed E-state index contributed by atoms with van der Waals surface area (Å²) in [5.74, 6) is -1.07. The summed E-state index contributed by atoms with van der Waals surface area (Å²) in [5.41, 5.74) is 0.921. The van der Waals surface area contributed by atoms with E-state index < -0.39 is 12.0 Å². The van der Waals surface area contributed by atoms with E-state index in [2.05, 4.69) is 15.2 Å². The third-order valence-corrected chi connectivity index (χ3v) is 2.70. The van der Waals surface area contributed by atoms with Gasteiger partial charge >= 0.3 is 6.18 Å². The fourth-order valence-electron chi connectivity index (χ4n) is 1.83. The van der Waals surface area contributed by atoms with Crippen molar-refractivity contribution in [3.63, 3.8) is 0 Å². The molecule has 0 amide bonds. The lowest BCUT2D eigenvalue weighted by atomic mass is 9.96. The van der Waals surface area contributed by atoms with Crippen molar-refractivity contribution in [3.05, 3.63) is 47.5 Å². The maximum Gasteiger partial charge on any atom is 0.453 e. The Morgan fingerprint density at radius 1 is 1.22 bits per heavy atom. The topological polar surface area (TPSA) is 41.6 Å². The van der Waals surface area contributed by atoms with Gasteiger partial charge < -0.3 is 0 Å². The summed E-state index contributed by atoms with van der Waals surface area (Å²) < 4.78 is 37.3. The van der Waals surface area contributed by atoms with Gasteiger partial charge in [0, 0.05) is 5.92 Å². The highest BCUT2D eigenvalue weighted by Gasteiger charge is 2.36. The lowest BCUT2D eigenvalue weighted by Crippen LogP contribution is -2.08. The Kier molecular flexibility index (Phi) is 3.36. The molecule has 2 aromatic rings. The highest BCUT2D eigenvalue weighted by atomic mass is 19.4. The number of rotatable bonds is 3. The fraction of sp³-hybridized carbons (Fsp3) is 0.333. The van der Waals surface area contributed by atoms with Crippen LogP contribution >= 0.6 is 0 Å². The summed E-state index contributed by atoms with van der Waals surface area (Å²) in [4.78, 5) is 3.54. The van der Waals surface area contributed by atoms with Gasteiger partial charge in [-0.05, 0) is 12.0 Å². The summed E-state index contributed by atoms with van der Waals surface area (Å²) in [6.07, 6.45) is -3.86. The molecule has 0 fully saturated rings. The molecule has 18 heavy (non-hydrogen) atoms. The largest absolute Gasteiger partial charge is 0.453 e. The number of nitrogens with one attached hydrogen (secondary N) is 1. The minimum atomic E-state index is -4.51. The van der Waals surface area contributed by atoms with Crippen molar-refractivity contribution in [2.75, 3.05) is 0 Å². The van der Waals surface area contributed by atoms with Crippen LogP contribution < -0.4 is 0 Å². The van der Waals surface area contributed by atoms with Gasteiger partial charge in [0.1, 0.15) is 5.82 Å². The van der Waals surface area contributed by atoms with Crippen molar-refractivity contribution in [1.29, 1.82) is 0 Å². The van der Waals surface area contributed by atoms with Crippen molar-refractivity contribution in [2.24, 2.45) is 0 Å². The molecule has 6 heteroatoms. The first kappa shape index (κ1) is 12.6. The van der Waals surface area contributed by atoms with Gasteiger partial charge in [-0.2, -0.15) is 13.2 Å². The van der Waals surface area contributed by atoms with Crippen molar-refractivity contribution < 1.29 is 13.2 Å². The molecule has 0 bridgehead atoms. The van der Waals surface area contributed by atoms with Crippen LogP contribution in [0.4, 0.5) is 13.2 Å². The molecule has 2 rings (SSSR count). The molecule has 3 nitrogen and oxygen atoms in total. The predicted octanol–water partition coefficient (Wildman–Crippen LogP) is 3.37. The van der Waals surface area contributed by atoms with E-state index in [1.807, 2.05) is 37.3 Å². The second kappa shape index (κ2) is 4.80. The summed E-state index contributed by atoms with van der Waals surface area (Å²) in [6, 6.07) is 9.28. The van der Waals surface area contributed by atoms with E-state index in [1.165, 1.54) is 0 Å². The molecule has 0 aliphatic rings. The third kappa shape index (κ3) is 2.52. The molecule has 1 atom stereocenters. The number of aromatic nitrogens is 3. The van der Waals surface area contributed by atoms with Crippen LogP contribution in [0.1, 0.15) is 36.5 Å². The number of alkyl halides is 3. The molecule has 1 aromatic carbocycles. The Balaban J connectivity index is 2.32. The zero-order valence-electron chi connectivity index (χ0n) is 9.70. The van der Waals surface area contributed by atoms with Gasteiger partial charge in [0.05, 0.1) is 0 Å². The zero-order chi connectivity index (χ0) is 13.2. The van der Waals surface area contributed by atoms with E-state index in [1.54, 1.807) is 0 Å². The Morgan fingerprint density at radius 3 is 2.39 bits per heavy atom. The van der Waals surface area contributed by atoms with Gasteiger partial charge in [-0.25, -0.2) is 4.98 Å². The number of benzene rings is 1. The first-order chi connectivity index (χ1) is 8.52. The minimum Gasteiger partial charge on any atom is -0.262 e. The van der Waals surface area contributed by atoms with E-state index in [4.69, 9.17) is 0 Å². The van der Waals surface area contributed by atoms with Crippen LogP contribution in [0.3, 0.4) is 0 Å². The van der Waals surface area contributed by atoms with Crippen LogP contribution in [-0.2, 0) is 6.18 Å². The summed E-state index contributed by atoms with van der Waals surface area (Å²) in [5, 5.41) is 5.60. The quantitative estimate of drug-likeness (QED) is 0.913. The SMILES string of the molecule is CCC(c1ccccc1)c1nc(C(F)(F)F)n[nH]1.